The van der Waals surface area contributed by atoms with Crippen LogP contribution in [-0.4, -0.2) is 11.1 Å². The van der Waals surface area contributed by atoms with Gasteiger partial charge in [-0.2, -0.15) is 0 Å². The van der Waals surface area contributed by atoms with Crippen LogP contribution in [0.5, 0.6) is 5.75 Å². The third-order valence-corrected chi connectivity index (χ3v) is 3.30. The summed E-state index contributed by atoms with van der Waals surface area (Å²) in [6.07, 6.45) is 5.26. The topological polar surface area (TPSA) is 35.2 Å². The van der Waals surface area contributed by atoms with E-state index in [1.165, 1.54) is 12.8 Å². The van der Waals surface area contributed by atoms with Gasteiger partial charge >= 0.3 is 0 Å². The highest BCUT2D eigenvalue weighted by Crippen LogP contribution is 2.27. The molecule has 3 heteroatoms. The minimum absolute atomic E-state index is 0.375. The van der Waals surface area contributed by atoms with Crippen LogP contribution in [0.4, 0.5) is 0 Å². The summed E-state index contributed by atoms with van der Waals surface area (Å²) in [5.41, 5.74) is 7.64. The van der Waals surface area contributed by atoms with Crippen molar-refractivity contribution in [2.45, 2.75) is 38.7 Å². The van der Waals surface area contributed by atoms with E-state index in [1.54, 1.807) is 0 Å². The smallest absolute Gasteiger partial charge is 0.123 e. The van der Waals surface area contributed by atoms with Crippen molar-refractivity contribution in [1.29, 1.82) is 0 Å². The first-order valence-corrected chi connectivity index (χ1v) is 6.15. The van der Waals surface area contributed by atoms with Crippen molar-refractivity contribution in [2.24, 2.45) is 5.73 Å². The van der Waals surface area contributed by atoms with E-state index in [-0.39, 0.29) is 0 Å². The Morgan fingerprint density at radius 3 is 2.69 bits per heavy atom. The molecule has 0 heterocycles. The molecule has 0 spiro atoms. The molecule has 1 aromatic rings. The average molecular weight is 235 g/mol. The van der Waals surface area contributed by atoms with E-state index in [2.05, 4.69) is 0 Å². The molecule has 0 bridgehead atoms. The molecule has 2 N–H and O–H groups in total. The Labute approximate surface area is 102 Å². The first-order chi connectivity index (χ1) is 7.66. The molecule has 1 aliphatic rings. The van der Waals surface area contributed by atoms with Crippen LogP contribution in [-0.2, 0) is 0 Å². The third kappa shape index (κ3) is 2.53. The van der Waals surface area contributed by atoms with E-state index in [0.29, 0.717) is 11.1 Å². The Bertz CT molecular complexity index is 397. The molecular formula is C13H17NOS. The summed E-state index contributed by atoms with van der Waals surface area (Å²) in [6, 6.07) is 5.91. The van der Waals surface area contributed by atoms with Gasteiger partial charge in [-0.1, -0.05) is 24.4 Å². The van der Waals surface area contributed by atoms with Gasteiger partial charge in [-0.25, -0.2) is 0 Å². The van der Waals surface area contributed by atoms with E-state index in [1.807, 2.05) is 25.1 Å². The monoisotopic (exact) mass is 235 g/mol. The van der Waals surface area contributed by atoms with Crippen molar-refractivity contribution in [1.82, 2.24) is 0 Å². The number of hydrogen-bond acceptors (Lipinski definition) is 2. The van der Waals surface area contributed by atoms with Crippen LogP contribution in [0, 0.1) is 6.92 Å². The molecule has 1 aliphatic carbocycles. The van der Waals surface area contributed by atoms with Gasteiger partial charge in [0.1, 0.15) is 10.7 Å². The van der Waals surface area contributed by atoms with Crippen LogP contribution in [0.1, 0.15) is 36.8 Å². The Morgan fingerprint density at radius 1 is 1.38 bits per heavy atom. The zero-order valence-electron chi connectivity index (χ0n) is 9.53. The molecule has 86 valence electrons. The van der Waals surface area contributed by atoms with Gasteiger partial charge < -0.3 is 10.5 Å². The van der Waals surface area contributed by atoms with Crippen LogP contribution < -0.4 is 10.5 Å². The van der Waals surface area contributed by atoms with Crippen LogP contribution in [0.15, 0.2) is 18.2 Å². The fraction of sp³-hybridized carbons (Fsp3) is 0.462. The van der Waals surface area contributed by atoms with Crippen molar-refractivity contribution >= 4 is 17.2 Å². The highest BCUT2D eigenvalue weighted by molar-refractivity contribution is 7.80. The highest BCUT2D eigenvalue weighted by atomic mass is 32.1. The van der Waals surface area contributed by atoms with E-state index < -0.39 is 0 Å². The predicted molar refractivity (Wildman–Crippen MR) is 70.0 cm³/mol. The van der Waals surface area contributed by atoms with Crippen molar-refractivity contribution in [2.75, 3.05) is 0 Å². The van der Waals surface area contributed by atoms with Gasteiger partial charge in [0.2, 0.25) is 0 Å². The maximum Gasteiger partial charge on any atom is 0.123 e. The molecule has 2 nitrogen and oxygen atoms in total. The zero-order valence-corrected chi connectivity index (χ0v) is 10.3. The maximum absolute atomic E-state index is 5.98. The zero-order chi connectivity index (χ0) is 11.5. The standard InChI is InChI=1S/C13H17NOS/c1-9-6-7-10(13(14)16)8-12(9)15-11-4-2-3-5-11/h6-8,11H,2-5H2,1H3,(H2,14,16). The quantitative estimate of drug-likeness (QED) is 0.818. The minimum atomic E-state index is 0.375. The van der Waals surface area contributed by atoms with Gasteiger partial charge in [0.15, 0.2) is 0 Å². The average Bonchev–Trinajstić information content (AvgIpc) is 2.73. The lowest BCUT2D eigenvalue weighted by atomic mass is 10.1. The van der Waals surface area contributed by atoms with Gasteiger partial charge in [0, 0.05) is 5.56 Å². The number of ether oxygens (including phenoxy) is 1. The predicted octanol–water partition coefficient (Wildman–Crippen LogP) is 2.95. The summed E-state index contributed by atoms with van der Waals surface area (Å²) in [7, 11) is 0. The molecule has 1 aromatic carbocycles. The van der Waals surface area contributed by atoms with Gasteiger partial charge in [-0.3, -0.25) is 0 Å². The molecule has 2 rings (SSSR count). The molecular weight excluding hydrogens is 218 g/mol. The summed E-state index contributed by atoms with van der Waals surface area (Å²) in [5, 5.41) is 0. The summed E-state index contributed by atoms with van der Waals surface area (Å²) in [4.78, 5) is 0.427. The largest absolute Gasteiger partial charge is 0.490 e. The molecule has 0 unspecified atom stereocenters. The SMILES string of the molecule is Cc1ccc(C(N)=S)cc1OC1CCCC1. The van der Waals surface area contributed by atoms with Crippen molar-refractivity contribution < 1.29 is 4.74 Å². The molecule has 1 fully saturated rings. The molecule has 1 saturated carbocycles. The first kappa shape index (κ1) is 11.4. The number of nitrogens with two attached hydrogens (primary N) is 1. The van der Waals surface area contributed by atoms with E-state index in [9.17, 15) is 0 Å². The Balaban J connectivity index is 2.17. The second-order valence-electron chi connectivity index (χ2n) is 4.37. The number of hydrogen-bond donors (Lipinski definition) is 1. The lowest BCUT2D eigenvalue weighted by molar-refractivity contribution is 0.208. The first-order valence-electron chi connectivity index (χ1n) is 5.74. The molecule has 16 heavy (non-hydrogen) atoms. The van der Waals surface area contributed by atoms with Gasteiger partial charge in [-0.05, 0) is 44.2 Å². The fourth-order valence-electron chi connectivity index (χ4n) is 2.07. The second kappa shape index (κ2) is 4.83. The minimum Gasteiger partial charge on any atom is -0.490 e. The molecule has 0 aromatic heterocycles. The summed E-state index contributed by atoms with van der Waals surface area (Å²) in [5.74, 6) is 0.928. The second-order valence-corrected chi connectivity index (χ2v) is 4.81. The number of rotatable bonds is 3. The van der Waals surface area contributed by atoms with Gasteiger partial charge in [-0.15, -0.1) is 0 Å². The van der Waals surface area contributed by atoms with Crippen LogP contribution >= 0.6 is 12.2 Å². The maximum atomic E-state index is 5.98. The van der Waals surface area contributed by atoms with Crippen molar-refractivity contribution in [3.63, 3.8) is 0 Å². The summed E-state index contributed by atoms with van der Waals surface area (Å²) < 4.78 is 5.98. The fourth-order valence-corrected chi connectivity index (χ4v) is 2.19. The normalized spacial score (nSPS) is 16.3. The van der Waals surface area contributed by atoms with Crippen molar-refractivity contribution in [3.8, 4) is 5.75 Å². The number of thiocarbonyl (C=S) groups is 1. The van der Waals surface area contributed by atoms with E-state index in [0.717, 1.165) is 29.7 Å². The van der Waals surface area contributed by atoms with Gasteiger partial charge in [0.25, 0.3) is 0 Å². The van der Waals surface area contributed by atoms with Gasteiger partial charge in [0.05, 0.1) is 6.10 Å². The third-order valence-electron chi connectivity index (χ3n) is 3.07. The summed E-state index contributed by atoms with van der Waals surface area (Å²) >= 11 is 4.97. The highest BCUT2D eigenvalue weighted by Gasteiger charge is 2.17. The van der Waals surface area contributed by atoms with Crippen LogP contribution in [0.25, 0.3) is 0 Å². The van der Waals surface area contributed by atoms with Crippen LogP contribution in [0.3, 0.4) is 0 Å². The Morgan fingerprint density at radius 2 is 2.06 bits per heavy atom. The molecule has 0 amide bonds. The number of benzene rings is 1. The lowest BCUT2D eigenvalue weighted by Crippen LogP contribution is -2.14. The lowest BCUT2D eigenvalue weighted by Gasteiger charge is -2.15. The van der Waals surface area contributed by atoms with E-state index in [4.69, 9.17) is 22.7 Å². The molecule has 0 atom stereocenters. The Hall–Kier alpha value is -1.09. The van der Waals surface area contributed by atoms with E-state index >= 15 is 0 Å². The molecule has 0 radical (unpaired) electrons. The summed E-state index contributed by atoms with van der Waals surface area (Å²) in [6.45, 7) is 2.05. The van der Waals surface area contributed by atoms with Crippen LogP contribution in [0.2, 0.25) is 0 Å². The number of aryl methyl sites for hydroxylation is 1. The Kier molecular flexibility index (Phi) is 3.44. The molecule has 0 saturated heterocycles. The van der Waals surface area contributed by atoms with Crippen molar-refractivity contribution in [3.05, 3.63) is 29.3 Å². The molecule has 0 aliphatic heterocycles.